The average molecular weight is 794 g/mol. The van der Waals surface area contributed by atoms with E-state index in [1.807, 2.05) is 84.9 Å². The molecule has 6 nitrogen and oxygen atoms in total. The number of furan rings is 1. The molecule has 0 saturated heterocycles. The third kappa shape index (κ3) is 6.04. The second kappa shape index (κ2) is 14.7. The van der Waals surface area contributed by atoms with Gasteiger partial charge in [-0.1, -0.05) is 164 Å². The predicted octanol–water partition coefficient (Wildman–Crippen LogP) is 14.3. The molecule has 0 fully saturated rings. The Kier molecular flexibility index (Phi) is 8.38. The molecular weight excluding hydrogens is 759 g/mol. The Morgan fingerprint density at radius 2 is 0.823 bits per heavy atom. The van der Waals surface area contributed by atoms with Crippen LogP contribution in [0.15, 0.2) is 217 Å². The summed E-state index contributed by atoms with van der Waals surface area (Å²) in [7, 11) is 0. The molecule has 0 saturated carbocycles. The van der Waals surface area contributed by atoms with Gasteiger partial charge in [0.15, 0.2) is 11.6 Å². The molecule has 12 rings (SSSR count). The van der Waals surface area contributed by atoms with E-state index in [2.05, 4.69) is 132 Å². The summed E-state index contributed by atoms with van der Waals surface area (Å²) in [4.78, 5) is 20.9. The summed E-state index contributed by atoms with van der Waals surface area (Å²) in [5, 5.41) is 4.48. The fourth-order valence-electron chi connectivity index (χ4n) is 8.76. The molecule has 0 amide bonds. The molecule has 0 bridgehead atoms. The van der Waals surface area contributed by atoms with Crippen molar-refractivity contribution in [3.05, 3.63) is 212 Å². The molecule has 0 spiro atoms. The number of rotatable bonds is 7. The zero-order valence-corrected chi connectivity index (χ0v) is 33.4. The summed E-state index contributed by atoms with van der Waals surface area (Å²) in [5.74, 6) is 1.30. The largest absolute Gasteiger partial charge is 0.456 e. The average Bonchev–Trinajstić information content (AvgIpc) is 3.90. The third-order valence-electron chi connectivity index (χ3n) is 11.6. The standard InChI is InChI=1S/C56H35N5O/c1-5-17-36(18-6-1)44-34-46(59-55(57-44)38-21-9-3-10-22-38)40-29-30-49(43(33-40)47-35-45(37-19-7-2-8-20-37)58-56(60-47)39-23-11-4-12-24-39)61-48-27-15-13-25-41(48)53-50(61)31-32-52-54(53)42-26-14-16-28-51(42)62-52/h1-35H. The summed E-state index contributed by atoms with van der Waals surface area (Å²) < 4.78 is 8.81. The van der Waals surface area contributed by atoms with Crippen LogP contribution in [-0.2, 0) is 0 Å². The van der Waals surface area contributed by atoms with Gasteiger partial charge in [0.25, 0.3) is 0 Å². The Morgan fingerprint density at radius 1 is 0.323 bits per heavy atom. The molecule has 12 aromatic rings. The van der Waals surface area contributed by atoms with Crippen LogP contribution in [-0.4, -0.2) is 24.5 Å². The first-order valence-electron chi connectivity index (χ1n) is 20.7. The minimum absolute atomic E-state index is 0.645. The lowest BCUT2D eigenvalue weighted by molar-refractivity contribution is 0.669. The van der Waals surface area contributed by atoms with Gasteiger partial charge in [-0.3, -0.25) is 0 Å². The van der Waals surface area contributed by atoms with Gasteiger partial charge in [-0.05, 0) is 48.5 Å². The number of para-hydroxylation sites is 2. The minimum Gasteiger partial charge on any atom is -0.456 e. The van der Waals surface area contributed by atoms with Crippen LogP contribution >= 0.6 is 0 Å². The maximum atomic E-state index is 6.44. The third-order valence-corrected chi connectivity index (χ3v) is 11.6. The van der Waals surface area contributed by atoms with Crippen LogP contribution in [0.1, 0.15) is 0 Å². The van der Waals surface area contributed by atoms with E-state index in [1.54, 1.807) is 0 Å². The highest BCUT2D eigenvalue weighted by atomic mass is 16.3. The quantitative estimate of drug-likeness (QED) is 0.161. The number of hydrogen-bond donors (Lipinski definition) is 0. The number of benzene rings is 8. The van der Waals surface area contributed by atoms with Gasteiger partial charge < -0.3 is 8.98 Å². The molecule has 0 aliphatic carbocycles. The molecule has 0 atom stereocenters. The Balaban J connectivity index is 1.17. The van der Waals surface area contributed by atoms with Gasteiger partial charge in [-0.25, -0.2) is 19.9 Å². The van der Waals surface area contributed by atoms with Crippen molar-refractivity contribution in [3.63, 3.8) is 0 Å². The van der Waals surface area contributed by atoms with Gasteiger partial charge in [0.1, 0.15) is 11.2 Å². The van der Waals surface area contributed by atoms with Crippen molar-refractivity contribution in [2.45, 2.75) is 0 Å². The van der Waals surface area contributed by atoms with Gasteiger partial charge in [0, 0.05) is 54.9 Å². The van der Waals surface area contributed by atoms with Crippen LogP contribution in [0.25, 0.3) is 117 Å². The first kappa shape index (κ1) is 35.5. The van der Waals surface area contributed by atoms with E-state index >= 15 is 0 Å². The summed E-state index contributed by atoms with van der Waals surface area (Å²) in [6.45, 7) is 0. The molecule has 0 N–H and O–H groups in total. The highest BCUT2D eigenvalue weighted by molar-refractivity contribution is 6.27. The van der Waals surface area contributed by atoms with E-state index in [0.717, 1.165) is 106 Å². The van der Waals surface area contributed by atoms with Crippen LogP contribution in [0.5, 0.6) is 0 Å². The lowest BCUT2D eigenvalue weighted by Crippen LogP contribution is -2.02. The Morgan fingerprint density at radius 3 is 1.45 bits per heavy atom. The van der Waals surface area contributed by atoms with Crippen molar-refractivity contribution < 1.29 is 4.42 Å². The highest BCUT2D eigenvalue weighted by Gasteiger charge is 2.23. The van der Waals surface area contributed by atoms with E-state index in [9.17, 15) is 0 Å². The van der Waals surface area contributed by atoms with Gasteiger partial charge >= 0.3 is 0 Å². The predicted molar refractivity (Wildman–Crippen MR) is 252 cm³/mol. The van der Waals surface area contributed by atoms with Crippen LogP contribution < -0.4 is 0 Å². The smallest absolute Gasteiger partial charge is 0.160 e. The Labute approximate surface area is 357 Å². The molecule has 6 heteroatoms. The fraction of sp³-hybridized carbons (Fsp3) is 0. The van der Waals surface area contributed by atoms with E-state index in [0.29, 0.717) is 11.6 Å². The lowest BCUT2D eigenvalue weighted by atomic mass is 9.99. The van der Waals surface area contributed by atoms with Crippen LogP contribution in [0.3, 0.4) is 0 Å². The second-order valence-corrected chi connectivity index (χ2v) is 15.4. The molecule has 0 unspecified atom stereocenters. The van der Waals surface area contributed by atoms with Crippen molar-refractivity contribution in [1.29, 1.82) is 0 Å². The van der Waals surface area contributed by atoms with E-state index in [-0.39, 0.29) is 0 Å². The summed E-state index contributed by atoms with van der Waals surface area (Å²) in [6.07, 6.45) is 0. The number of aromatic nitrogens is 5. The molecule has 0 aliphatic rings. The maximum absolute atomic E-state index is 6.44. The SMILES string of the molecule is c1ccc(-c2cc(-c3ccc(-n4c5ccccc5c5c6c(ccc54)oc4ccccc46)c(-c4cc(-c5ccccc5)nc(-c5ccccc5)n4)c3)nc(-c3ccccc3)n2)cc1. The Bertz CT molecular complexity index is 3500. The molecule has 8 aromatic carbocycles. The van der Waals surface area contributed by atoms with Gasteiger partial charge in [-0.2, -0.15) is 0 Å². The van der Waals surface area contributed by atoms with Crippen molar-refractivity contribution in [3.8, 4) is 73.5 Å². The molecule has 290 valence electrons. The first-order valence-corrected chi connectivity index (χ1v) is 20.7. The van der Waals surface area contributed by atoms with Crippen LogP contribution in [0, 0.1) is 0 Å². The minimum atomic E-state index is 0.645. The molecule has 62 heavy (non-hydrogen) atoms. The van der Waals surface area contributed by atoms with Gasteiger partial charge in [0.05, 0.1) is 39.5 Å². The topological polar surface area (TPSA) is 69.6 Å². The lowest BCUT2D eigenvalue weighted by Gasteiger charge is -2.17. The van der Waals surface area contributed by atoms with E-state index in [4.69, 9.17) is 24.4 Å². The fourth-order valence-corrected chi connectivity index (χ4v) is 8.76. The number of fused-ring (bicyclic) bond motifs is 7. The molecule has 4 aromatic heterocycles. The second-order valence-electron chi connectivity index (χ2n) is 15.4. The van der Waals surface area contributed by atoms with Crippen LogP contribution in [0.2, 0.25) is 0 Å². The number of hydrogen-bond acceptors (Lipinski definition) is 5. The van der Waals surface area contributed by atoms with Crippen molar-refractivity contribution in [1.82, 2.24) is 24.5 Å². The summed E-state index contributed by atoms with van der Waals surface area (Å²) >= 11 is 0. The van der Waals surface area contributed by atoms with Crippen molar-refractivity contribution in [2.75, 3.05) is 0 Å². The monoisotopic (exact) mass is 793 g/mol. The van der Waals surface area contributed by atoms with Crippen LogP contribution in [0.4, 0.5) is 0 Å². The zero-order chi connectivity index (χ0) is 41.0. The molecule has 4 heterocycles. The normalized spacial score (nSPS) is 11.5. The first-order chi connectivity index (χ1) is 30.7. The van der Waals surface area contributed by atoms with E-state index in [1.165, 1.54) is 0 Å². The van der Waals surface area contributed by atoms with E-state index < -0.39 is 0 Å². The van der Waals surface area contributed by atoms with Crippen molar-refractivity contribution in [2.24, 2.45) is 0 Å². The van der Waals surface area contributed by atoms with Crippen molar-refractivity contribution >= 4 is 43.7 Å². The molecule has 0 radical (unpaired) electrons. The number of nitrogens with zero attached hydrogens (tertiary/aromatic N) is 5. The summed E-state index contributed by atoms with van der Waals surface area (Å²) in [6, 6.07) is 73.1. The summed E-state index contributed by atoms with van der Waals surface area (Å²) in [5.41, 5.74) is 13.9. The molecular formula is C56H35N5O. The highest BCUT2D eigenvalue weighted by Crippen LogP contribution is 2.44. The Hall–Kier alpha value is -8.48. The van der Waals surface area contributed by atoms with Gasteiger partial charge in [0.2, 0.25) is 0 Å². The van der Waals surface area contributed by atoms with Gasteiger partial charge in [-0.15, -0.1) is 0 Å². The zero-order valence-electron chi connectivity index (χ0n) is 33.4. The maximum Gasteiger partial charge on any atom is 0.160 e. The molecule has 0 aliphatic heterocycles.